The Morgan fingerprint density at radius 2 is 1.88 bits per heavy atom. The Kier molecular flexibility index (Phi) is 3.16. The van der Waals surface area contributed by atoms with Crippen LogP contribution in [-0.2, 0) is 14.3 Å². The Labute approximate surface area is 150 Å². The number of Topliss-reactive ketones (excluding diaryl/α,β-unsaturated/α-hetero) is 3. The number of allylic oxidation sites excluding steroid dienone is 4. The number of phenolic OH excluding ortho intramolecular Hbond substituents is 1. The van der Waals surface area contributed by atoms with Gasteiger partial charge in [0.2, 0.25) is 11.6 Å². The number of phenols is 1. The minimum Gasteiger partial charge on any atom is -0.507 e. The lowest BCUT2D eigenvalue weighted by atomic mass is 9.64. The topological polar surface area (TPSA) is 80.7 Å². The lowest BCUT2D eigenvalue weighted by molar-refractivity contribution is -0.150. The molecule has 0 saturated heterocycles. The summed E-state index contributed by atoms with van der Waals surface area (Å²) in [5, 5.41) is 10.3. The molecule has 2 unspecified atom stereocenters. The number of hydrogen-bond donors (Lipinski definition) is 1. The highest BCUT2D eigenvalue weighted by Gasteiger charge is 2.52. The van der Waals surface area contributed by atoms with Crippen molar-refractivity contribution < 1.29 is 24.2 Å². The van der Waals surface area contributed by atoms with E-state index >= 15 is 0 Å². The lowest BCUT2D eigenvalue weighted by Gasteiger charge is -2.41. The number of hydrogen-bond acceptors (Lipinski definition) is 5. The number of carbonyl (C=O) groups is 3. The van der Waals surface area contributed by atoms with Crippen molar-refractivity contribution in [3.05, 3.63) is 46.5 Å². The van der Waals surface area contributed by atoms with Gasteiger partial charge in [0.1, 0.15) is 11.9 Å². The van der Waals surface area contributed by atoms with Gasteiger partial charge in [-0.25, -0.2) is 0 Å². The highest BCUT2D eigenvalue weighted by molar-refractivity contribution is 6.39. The molecule has 132 valence electrons. The first kappa shape index (κ1) is 15.7. The zero-order valence-electron chi connectivity index (χ0n) is 14.3. The molecule has 1 aromatic rings. The smallest absolute Gasteiger partial charge is 0.227 e. The number of carbonyl (C=O) groups excluding carboxylic acids is 3. The maximum absolute atomic E-state index is 12.4. The summed E-state index contributed by atoms with van der Waals surface area (Å²) in [6, 6.07) is 3.43. The van der Waals surface area contributed by atoms with Crippen LogP contribution in [0.1, 0.15) is 46.7 Å². The van der Waals surface area contributed by atoms with Crippen LogP contribution in [0.15, 0.2) is 29.9 Å². The average molecular weight is 350 g/mol. The summed E-state index contributed by atoms with van der Waals surface area (Å²) in [4.78, 5) is 36.9. The standard InChI is InChI=1S/C21H18O5/c1-26-21-16-9(8-15(24)20(21)25)2-3-10-11-4-6-13(22)19-14(23)7-5-12(17(10)16)18(11)19/h2-3,5,7,9,16-17,21,23H,4,6,8H2,1H3/t9?,16?,17-,21-/m1/s1. The van der Waals surface area contributed by atoms with Crippen LogP contribution in [0, 0.1) is 11.8 Å². The van der Waals surface area contributed by atoms with Gasteiger partial charge in [0.25, 0.3) is 0 Å². The fourth-order valence-electron chi connectivity index (χ4n) is 5.34. The van der Waals surface area contributed by atoms with Crippen molar-refractivity contribution >= 4 is 22.9 Å². The Bertz CT molecular complexity index is 951. The Morgan fingerprint density at radius 1 is 1.08 bits per heavy atom. The number of aromatic hydroxyl groups is 1. The number of methoxy groups -OCH3 is 1. The summed E-state index contributed by atoms with van der Waals surface area (Å²) in [6.45, 7) is 0. The SMILES string of the molecule is CO[C@H]1C(=O)C(=O)CC2C=CC3=C4CCC(=O)c5c(O)ccc(c54)[C@@H]3C21. The van der Waals surface area contributed by atoms with Crippen LogP contribution in [0.5, 0.6) is 5.75 Å². The normalized spacial score (nSPS) is 31.8. The third kappa shape index (κ3) is 1.81. The molecule has 0 spiro atoms. The minimum absolute atomic E-state index is 0.0175. The van der Waals surface area contributed by atoms with Crippen LogP contribution in [0.3, 0.4) is 0 Å². The molecule has 1 N–H and O–H groups in total. The van der Waals surface area contributed by atoms with E-state index < -0.39 is 11.9 Å². The van der Waals surface area contributed by atoms with Gasteiger partial charge in [-0.1, -0.05) is 18.2 Å². The molecule has 5 nitrogen and oxygen atoms in total. The van der Waals surface area contributed by atoms with Gasteiger partial charge in [-0.3, -0.25) is 14.4 Å². The van der Waals surface area contributed by atoms with Gasteiger partial charge >= 0.3 is 0 Å². The van der Waals surface area contributed by atoms with Crippen LogP contribution in [0.25, 0.3) is 5.57 Å². The van der Waals surface area contributed by atoms with E-state index in [2.05, 4.69) is 0 Å². The highest BCUT2D eigenvalue weighted by atomic mass is 16.5. The fourth-order valence-corrected chi connectivity index (χ4v) is 5.34. The van der Waals surface area contributed by atoms with Crippen molar-refractivity contribution in [3.8, 4) is 5.75 Å². The van der Waals surface area contributed by atoms with Crippen molar-refractivity contribution in [1.29, 1.82) is 0 Å². The Hall–Kier alpha value is -2.53. The van der Waals surface area contributed by atoms with Crippen molar-refractivity contribution in [2.45, 2.75) is 31.3 Å². The van der Waals surface area contributed by atoms with Crippen molar-refractivity contribution in [1.82, 2.24) is 0 Å². The average Bonchev–Trinajstić information content (AvgIpc) is 2.95. The quantitative estimate of drug-likeness (QED) is 0.788. The Balaban J connectivity index is 1.75. The van der Waals surface area contributed by atoms with Crippen LogP contribution >= 0.6 is 0 Å². The number of benzene rings is 1. The van der Waals surface area contributed by atoms with Gasteiger partial charge in [-0.15, -0.1) is 0 Å². The van der Waals surface area contributed by atoms with E-state index in [0.717, 1.165) is 22.3 Å². The van der Waals surface area contributed by atoms with E-state index in [1.807, 2.05) is 18.2 Å². The van der Waals surface area contributed by atoms with Gasteiger partial charge in [-0.2, -0.15) is 0 Å². The number of rotatable bonds is 1. The Morgan fingerprint density at radius 3 is 2.65 bits per heavy atom. The van der Waals surface area contributed by atoms with E-state index in [-0.39, 0.29) is 41.5 Å². The molecule has 4 aliphatic carbocycles. The first-order valence-corrected chi connectivity index (χ1v) is 8.93. The minimum atomic E-state index is -0.771. The molecule has 0 radical (unpaired) electrons. The molecule has 0 heterocycles. The number of fused-ring (bicyclic) bond motifs is 4. The molecule has 1 fully saturated rings. The third-order valence-electron chi connectivity index (χ3n) is 6.38. The zero-order chi connectivity index (χ0) is 18.2. The molecule has 0 amide bonds. The molecule has 0 aromatic heterocycles. The molecular weight excluding hydrogens is 332 g/mol. The molecule has 5 heteroatoms. The maximum Gasteiger partial charge on any atom is 0.227 e. The second kappa shape index (κ2) is 5.24. The number of ketones is 3. The van der Waals surface area contributed by atoms with Gasteiger partial charge in [0.15, 0.2) is 5.78 Å². The van der Waals surface area contributed by atoms with Crippen LogP contribution in [-0.4, -0.2) is 35.7 Å². The summed E-state index contributed by atoms with van der Waals surface area (Å²) < 4.78 is 5.48. The van der Waals surface area contributed by atoms with E-state index in [9.17, 15) is 19.5 Å². The summed E-state index contributed by atoms with van der Waals surface area (Å²) in [7, 11) is 1.47. The zero-order valence-corrected chi connectivity index (χ0v) is 14.3. The van der Waals surface area contributed by atoms with Crippen molar-refractivity contribution in [3.63, 3.8) is 0 Å². The van der Waals surface area contributed by atoms with Crippen LogP contribution in [0.4, 0.5) is 0 Å². The van der Waals surface area contributed by atoms with Crippen LogP contribution < -0.4 is 0 Å². The largest absolute Gasteiger partial charge is 0.507 e. The first-order valence-electron chi connectivity index (χ1n) is 8.93. The monoisotopic (exact) mass is 350 g/mol. The molecule has 4 aliphatic rings. The second-order valence-corrected chi connectivity index (χ2v) is 7.51. The fraction of sp³-hybridized carbons (Fsp3) is 0.381. The molecule has 1 aromatic carbocycles. The molecule has 26 heavy (non-hydrogen) atoms. The first-order chi connectivity index (χ1) is 12.5. The predicted molar refractivity (Wildman–Crippen MR) is 92.9 cm³/mol. The predicted octanol–water partition coefficient (Wildman–Crippen LogP) is 2.58. The second-order valence-electron chi connectivity index (χ2n) is 7.51. The van der Waals surface area contributed by atoms with E-state index in [1.54, 1.807) is 6.07 Å². The van der Waals surface area contributed by atoms with Gasteiger partial charge < -0.3 is 9.84 Å². The van der Waals surface area contributed by atoms with E-state index in [1.165, 1.54) is 7.11 Å². The maximum atomic E-state index is 12.4. The van der Waals surface area contributed by atoms with Crippen molar-refractivity contribution in [2.75, 3.05) is 7.11 Å². The summed E-state index contributed by atoms with van der Waals surface area (Å²) >= 11 is 0. The van der Waals surface area contributed by atoms with E-state index in [0.29, 0.717) is 18.4 Å². The molecule has 4 atom stereocenters. The molecule has 1 saturated carbocycles. The summed E-state index contributed by atoms with van der Waals surface area (Å²) in [5.74, 6) is -1.15. The van der Waals surface area contributed by atoms with Crippen molar-refractivity contribution in [2.24, 2.45) is 11.8 Å². The lowest BCUT2D eigenvalue weighted by Crippen LogP contribution is -2.49. The van der Waals surface area contributed by atoms with Gasteiger partial charge in [-0.05, 0) is 40.7 Å². The molecule has 0 aliphatic heterocycles. The van der Waals surface area contributed by atoms with Gasteiger partial charge in [0, 0.05) is 31.8 Å². The summed E-state index contributed by atoms with van der Waals surface area (Å²) in [5.41, 5.74) is 4.40. The van der Waals surface area contributed by atoms with Gasteiger partial charge in [0.05, 0.1) is 5.56 Å². The molecule has 5 rings (SSSR count). The molecule has 0 bridgehead atoms. The van der Waals surface area contributed by atoms with E-state index in [4.69, 9.17) is 4.74 Å². The number of ether oxygens (including phenoxy) is 1. The van der Waals surface area contributed by atoms with Crippen LogP contribution in [0.2, 0.25) is 0 Å². The summed E-state index contributed by atoms with van der Waals surface area (Å²) in [6.07, 6.45) is 4.52. The highest BCUT2D eigenvalue weighted by Crippen LogP contribution is 2.57. The molecular formula is C21H18O5. The third-order valence-corrected chi connectivity index (χ3v) is 6.38.